The monoisotopic (exact) mass is 352 g/mol. The van der Waals surface area contributed by atoms with Crippen LogP contribution in [0.25, 0.3) is 11.4 Å². The van der Waals surface area contributed by atoms with Crippen LogP contribution in [0.1, 0.15) is 31.5 Å². The number of carbonyl (C=O) groups excluding carboxylic acids is 1. The van der Waals surface area contributed by atoms with Crippen LogP contribution in [-0.4, -0.2) is 46.6 Å². The molecule has 6 heteroatoms. The topological polar surface area (TPSA) is 67.4 Å². The maximum atomic E-state index is 12.4. The molecule has 4 rings (SSSR count). The summed E-state index contributed by atoms with van der Waals surface area (Å²) in [7, 11) is 0. The lowest BCUT2D eigenvalue weighted by molar-refractivity contribution is 0.0518. The number of rotatable bonds is 2. The predicted molar refractivity (Wildman–Crippen MR) is 98.7 cm³/mol. The van der Waals surface area contributed by atoms with Crippen LogP contribution in [0.5, 0.6) is 0 Å². The summed E-state index contributed by atoms with van der Waals surface area (Å²) in [5.41, 5.74) is 2.83. The summed E-state index contributed by atoms with van der Waals surface area (Å²) in [4.78, 5) is 23.8. The first-order valence-electron chi connectivity index (χ1n) is 9.12. The van der Waals surface area contributed by atoms with E-state index in [0.717, 1.165) is 29.1 Å². The van der Waals surface area contributed by atoms with E-state index in [0.29, 0.717) is 26.3 Å². The number of urea groups is 1. The van der Waals surface area contributed by atoms with Gasteiger partial charge >= 0.3 is 6.03 Å². The van der Waals surface area contributed by atoms with Crippen LogP contribution in [0.3, 0.4) is 0 Å². The Balaban J connectivity index is 1.66. The quantitative estimate of drug-likeness (QED) is 0.902. The maximum Gasteiger partial charge on any atom is 0.317 e. The van der Waals surface area contributed by atoms with E-state index in [4.69, 9.17) is 9.72 Å². The molecular weight excluding hydrogens is 328 g/mol. The van der Waals surface area contributed by atoms with Crippen LogP contribution in [-0.2, 0) is 16.8 Å². The van der Waals surface area contributed by atoms with Gasteiger partial charge in [-0.2, -0.15) is 0 Å². The highest BCUT2D eigenvalue weighted by Gasteiger charge is 2.46. The zero-order valence-corrected chi connectivity index (χ0v) is 15.2. The first-order valence-corrected chi connectivity index (χ1v) is 9.12. The number of ether oxygens (including phenoxy) is 1. The minimum absolute atomic E-state index is 0.0127. The molecule has 2 aliphatic heterocycles. The van der Waals surface area contributed by atoms with E-state index in [1.165, 1.54) is 0 Å². The SMILES string of the molecule is CC(C)NC(=O)N1CCC2(COCc3cnc(-c4ccccc4)nc32)C1. The fourth-order valence-electron chi connectivity index (χ4n) is 3.82. The molecule has 2 aliphatic rings. The molecule has 1 unspecified atom stereocenters. The first kappa shape index (κ1) is 17.0. The zero-order chi connectivity index (χ0) is 18.1. The van der Waals surface area contributed by atoms with Gasteiger partial charge < -0.3 is 15.0 Å². The molecule has 0 saturated carbocycles. The molecule has 0 aliphatic carbocycles. The van der Waals surface area contributed by atoms with Crippen LogP contribution >= 0.6 is 0 Å². The van der Waals surface area contributed by atoms with Gasteiger partial charge in [0.1, 0.15) is 0 Å². The molecule has 1 spiro atoms. The second-order valence-corrected chi connectivity index (χ2v) is 7.48. The molecule has 1 N–H and O–H groups in total. The van der Waals surface area contributed by atoms with Crippen LogP contribution in [0, 0.1) is 0 Å². The highest BCUT2D eigenvalue weighted by Crippen LogP contribution is 2.39. The van der Waals surface area contributed by atoms with Gasteiger partial charge in [-0.3, -0.25) is 0 Å². The molecule has 0 bridgehead atoms. The van der Waals surface area contributed by atoms with Gasteiger partial charge in [-0.05, 0) is 20.3 Å². The molecule has 1 atom stereocenters. The number of nitrogens with zero attached hydrogens (tertiary/aromatic N) is 3. The number of likely N-dealkylation sites (tertiary alicyclic amines) is 1. The molecule has 1 aromatic heterocycles. The standard InChI is InChI=1S/C20H24N4O2/c1-14(2)22-19(25)24-9-8-20(12-24)13-26-11-16-10-21-18(23-17(16)20)15-6-4-3-5-7-15/h3-7,10,14H,8-9,11-13H2,1-2H3,(H,22,25). The molecule has 2 aromatic rings. The molecule has 1 fully saturated rings. The first-order chi connectivity index (χ1) is 12.6. The molecule has 6 nitrogen and oxygen atoms in total. The number of amides is 2. The number of carbonyl (C=O) groups is 1. The molecule has 3 heterocycles. The second-order valence-electron chi connectivity index (χ2n) is 7.48. The Morgan fingerprint density at radius 3 is 2.88 bits per heavy atom. The zero-order valence-electron chi connectivity index (χ0n) is 15.2. The summed E-state index contributed by atoms with van der Waals surface area (Å²) in [5.74, 6) is 0.732. The second kappa shape index (κ2) is 6.68. The lowest BCUT2D eigenvalue weighted by Gasteiger charge is -2.34. The van der Waals surface area contributed by atoms with Crippen molar-refractivity contribution >= 4 is 6.03 Å². The average molecular weight is 352 g/mol. The van der Waals surface area contributed by atoms with E-state index in [-0.39, 0.29) is 17.5 Å². The number of hydrogen-bond acceptors (Lipinski definition) is 4. The summed E-state index contributed by atoms with van der Waals surface area (Å²) in [5, 5.41) is 2.98. The number of benzene rings is 1. The van der Waals surface area contributed by atoms with Gasteiger partial charge in [0.2, 0.25) is 0 Å². The average Bonchev–Trinajstić information content (AvgIpc) is 3.07. The Kier molecular flexibility index (Phi) is 4.36. The van der Waals surface area contributed by atoms with Crippen molar-refractivity contribution in [2.24, 2.45) is 0 Å². The largest absolute Gasteiger partial charge is 0.376 e. The Bertz CT molecular complexity index is 809. The number of fused-ring (bicyclic) bond motifs is 2. The van der Waals surface area contributed by atoms with Gasteiger partial charge in [0.15, 0.2) is 5.82 Å². The number of aromatic nitrogens is 2. The number of nitrogens with one attached hydrogen (secondary N) is 1. The summed E-state index contributed by atoms with van der Waals surface area (Å²) < 4.78 is 5.85. The van der Waals surface area contributed by atoms with Gasteiger partial charge in [0, 0.05) is 36.5 Å². The summed E-state index contributed by atoms with van der Waals surface area (Å²) >= 11 is 0. The van der Waals surface area contributed by atoms with Crippen molar-refractivity contribution in [1.82, 2.24) is 20.2 Å². The van der Waals surface area contributed by atoms with Crippen molar-refractivity contribution in [2.45, 2.75) is 38.3 Å². The maximum absolute atomic E-state index is 12.4. The Morgan fingerprint density at radius 2 is 2.12 bits per heavy atom. The lowest BCUT2D eigenvalue weighted by Crippen LogP contribution is -2.45. The van der Waals surface area contributed by atoms with Crippen molar-refractivity contribution < 1.29 is 9.53 Å². The third-order valence-electron chi connectivity index (χ3n) is 5.09. The molecule has 1 aromatic carbocycles. The van der Waals surface area contributed by atoms with Gasteiger partial charge in [-0.1, -0.05) is 30.3 Å². The Labute approximate surface area is 153 Å². The van der Waals surface area contributed by atoms with E-state index in [9.17, 15) is 4.79 Å². The summed E-state index contributed by atoms with van der Waals surface area (Å²) in [6.45, 7) is 6.42. The smallest absolute Gasteiger partial charge is 0.317 e. The van der Waals surface area contributed by atoms with E-state index in [1.807, 2.05) is 55.3 Å². The van der Waals surface area contributed by atoms with E-state index in [1.54, 1.807) is 0 Å². The third-order valence-corrected chi connectivity index (χ3v) is 5.09. The Hall–Kier alpha value is -2.47. The van der Waals surface area contributed by atoms with E-state index < -0.39 is 0 Å². The Morgan fingerprint density at radius 1 is 1.31 bits per heavy atom. The van der Waals surface area contributed by atoms with Crippen LogP contribution in [0.2, 0.25) is 0 Å². The van der Waals surface area contributed by atoms with Gasteiger partial charge in [0.05, 0.1) is 24.3 Å². The predicted octanol–water partition coefficient (Wildman–Crippen LogP) is 2.74. The molecule has 26 heavy (non-hydrogen) atoms. The highest BCUT2D eigenvalue weighted by atomic mass is 16.5. The normalized spacial score (nSPS) is 21.9. The molecular formula is C20H24N4O2. The van der Waals surface area contributed by atoms with Crippen LogP contribution in [0.4, 0.5) is 4.79 Å². The van der Waals surface area contributed by atoms with E-state index >= 15 is 0 Å². The highest BCUT2D eigenvalue weighted by molar-refractivity contribution is 5.75. The molecule has 2 amide bonds. The van der Waals surface area contributed by atoms with Crippen LogP contribution in [0.15, 0.2) is 36.5 Å². The molecule has 0 radical (unpaired) electrons. The summed E-state index contributed by atoms with van der Waals surface area (Å²) in [6.07, 6.45) is 2.74. The third kappa shape index (κ3) is 3.05. The fourth-order valence-corrected chi connectivity index (χ4v) is 3.82. The van der Waals surface area contributed by atoms with Crippen molar-refractivity contribution in [1.29, 1.82) is 0 Å². The van der Waals surface area contributed by atoms with Crippen molar-refractivity contribution in [3.05, 3.63) is 47.8 Å². The summed E-state index contributed by atoms with van der Waals surface area (Å²) in [6, 6.07) is 10.1. The van der Waals surface area contributed by atoms with Crippen molar-refractivity contribution in [3.8, 4) is 11.4 Å². The van der Waals surface area contributed by atoms with Crippen molar-refractivity contribution in [3.63, 3.8) is 0 Å². The van der Waals surface area contributed by atoms with E-state index in [2.05, 4.69) is 10.3 Å². The van der Waals surface area contributed by atoms with Gasteiger partial charge in [-0.25, -0.2) is 14.8 Å². The van der Waals surface area contributed by atoms with Gasteiger partial charge in [0.25, 0.3) is 0 Å². The van der Waals surface area contributed by atoms with Crippen LogP contribution < -0.4 is 5.32 Å². The number of hydrogen-bond donors (Lipinski definition) is 1. The van der Waals surface area contributed by atoms with Crippen molar-refractivity contribution in [2.75, 3.05) is 19.7 Å². The molecule has 136 valence electrons. The van der Waals surface area contributed by atoms with Gasteiger partial charge in [-0.15, -0.1) is 0 Å². The minimum Gasteiger partial charge on any atom is -0.376 e. The molecule has 1 saturated heterocycles. The fraction of sp³-hybridized carbons (Fsp3) is 0.450. The minimum atomic E-state index is -0.242. The lowest BCUT2D eigenvalue weighted by atomic mass is 9.80.